The Bertz CT molecular complexity index is 957. The summed E-state index contributed by atoms with van der Waals surface area (Å²) in [4.78, 5) is 31.3. The van der Waals surface area contributed by atoms with Crippen LogP contribution in [0.25, 0.3) is 11.4 Å². The summed E-state index contributed by atoms with van der Waals surface area (Å²) < 4.78 is 30.1. The topological polar surface area (TPSA) is 93.2 Å². The van der Waals surface area contributed by atoms with Gasteiger partial charge in [-0.2, -0.15) is 0 Å². The molecule has 0 aliphatic carbocycles. The highest BCUT2D eigenvalue weighted by Gasteiger charge is 2.29. The highest BCUT2D eigenvalue weighted by atomic mass is 19.1. The summed E-state index contributed by atoms with van der Waals surface area (Å²) in [5, 5.41) is 2.66. The van der Waals surface area contributed by atoms with Crippen molar-refractivity contribution in [3.63, 3.8) is 0 Å². The molecule has 1 aromatic carbocycles. The third kappa shape index (κ3) is 4.67. The SMILES string of the molecule is CC(C)CC(NC(=O)c1nc(-c2cc(F)ccc2F)n2c1CN(C)CCC2)C(N)=O. The smallest absolute Gasteiger partial charge is 0.272 e. The molecular formula is C21H27F2N5O2. The minimum Gasteiger partial charge on any atom is -0.368 e. The lowest BCUT2D eigenvalue weighted by molar-refractivity contribution is -0.120. The molecule has 7 nitrogen and oxygen atoms in total. The molecule has 1 aliphatic rings. The number of halogens is 2. The first-order valence-electron chi connectivity index (χ1n) is 10.0. The number of nitrogens with zero attached hydrogens (tertiary/aromatic N) is 3. The number of hydrogen-bond donors (Lipinski definition) is 2. The van der Waals surface area contributed by atoms with Crippen LogP contribution in [-0.4, -0.2) is 45.9 Å². The Morgan fingerprint density at radius 1 is 1.27 bits per heavy atom. The summed E-state index contributed by atoms with van der Waals surface area (Å²) in [6.45, 7) is 5.55. The van der Waals surface area contributed by atoms with Crippen LogP contribution in [0.5, 0.6) is 0 Å². The summed E-state index contributed by atoms with van der Waals surface area (Å²) in [6, 6.07) is 2.32. The van der Waals surface area contributed by atoms with E-state index in [1.807, 2.05) is 25.8 Å². The second-order valence-corrected chi connectivity index (χ2v) is 8.16. The summed E-state index contributed by atoms with van der Waals surface area (Å²) in [6.07, 6.45) is 1.16. The first-order valence-corrected chi connectivity index (χ1v) is 10.0. The van der Waals surface area contributed by atoms with Crippen LogP contribution in [0.4, 0.5) is 8.78 Å². The molecule has 1 unspecified atom stereocenters. The molecular weight excluding hydrogens is 392 g/mol. The van der Waals surface area contributed by atoms with E-state index in [1.165, 1.54) is 0 Å². The van der Waals surface area contributed by atoms with E-state index in [1.54, 1.807) is 4.57 Å². The number of nitrogens with two attached hydrogens (primary N) is 1. The zero-order chi connectivity index (χ0) is 22.0. The van der Waals surface area contributed by atoms with E-state index in [9.17, 15) is 18.4 Å². The van der Waals surface area contributed by atoms with Gasteiger partial charge in [0.2, 0.25) is 5.91 Å². The molecule has 0 radical (unpaired) electrons. The first kappa shape index (κ1) is 21.9. The number of amides is 2. The number of carbonyl (C=O) groups is 2. The van der Waals surface area contributed by atoms with Gasteiger partial charge in [0, 0.05) is 13.1 Å². The maximum atomic E-state index is 14.5. The number of aromatic nitrogens is 2. The number of primary amides is 1. The second kappa shape index (κ2) is 8.91. The van der Waals surface area contributed by atoms with Crippen molar-refractivity contribution in [2.75, 3.05) is 13.6 Å². The van der Waals surface area contributed by atoms with Crippen molar-refractivity contribution in [1.29, 1.82) is 0 Å². The first-order chi connectivity index (χ1) is 14.2. The Hall–Kier alpha value is -2.81. The molecule has 0 saturated carbocycles. The van der Waals surface area contributed by atoms with E-state index in [0.29, 0.717) is 25.2 Å². The molecule has 1 atom stereocenters. The number of hydrogen-bond acceptors (Lipinski definition) is 4. The van der Waals surface area contributed by atoms with Gasteiger partial charge in [0.25, 0.3) is 5.91 Å². The quantitative estimate of drug-likeness (QED) is 0.751. The lowest BCUT2D eigenvalue weighted by Gasteiger charge is -2.18. The molecule has 30 heavy (non-hydrogen) atoms. The maximum Gasteiger partial charge on any atom is 0.272 e. The normalized spacial score (nSPS) is 15.5. The van der Waals surface area contributed by atoms with Crippen molar-refractivity contribution >= 4 is 11.8 Å². The molecule has 9 heteroatoms. The molecule has 1 aromatic heterocycles. The average molecular weight is 419 g/mol. The van der Waals surface area contributed by atoms with Gasteiger partial charge in [-0.3, -0.25) is 9.59 Å². The maximum absolute atomic E-state index is 14.5. The van der Waals surface area contributed by atoms with Crippen molar-refractivity contribution < 1.29 is 18.4 Å². The van der Waals surface area contributed by atoms with Gasteiger partial charge in [-0.1, -0.05) is 13.8 Å². The Morgan fingerprint density at radius 3 is 2.67 bits per heavy atom. The van der Waals surface area contributed by atoms with Gasteiger partial charge >= 0.3 is 0 Å². The molecule has 3 N–H and O–H groups in total. The second-order valence-electron chi connectivity index (χ2n) is 8.16. The molecule has 0 fully saturated rings. The van der Waals surface area contributed by atoms with Crippen molar-refractivity contribution in [3.05, 3.63) is 41.2 Å². The van der Waals surface area contributed by atoms with E-state index in [2.05, 4.69) is 10.3 Å². The Kier molecular flexibility index (Phi) is 6.50. The summed E-state index contributed by atoms with van der Waals surface area (Å²) in [5.41, 5.74) is 6.14. The van der Waals surface area contributed by atoms with E-state index >= 15 is 0 Å². The van der Waals surface area contributed by atoms with Gasteiger partial charge in [0.15, 0.2) is 5.69 Å². The summed E-state index contributed by atoms with van der Waals surface area (Å²) in [5.74, 6) is -2.06. The molecule has 0 spiro atoms. The predicted molar refractivity (Wildman–Crippen MR) is 108 cm³/mol. The monoisotopic (exact) mass is 419 g/mol. The third-order valence-corrected chi connectivity index (χ3v) is 5.15. The molecule has 3 rings (SSSR count). The van der Waals surface area contributed by atoms with E-state index in [-0.39, 0.29) is 23.0 Å². The fourth-order valence-electron chi connectivity index (χ4n) is 3.72. The van der Waals surface area contributed by atoms with Gasteiger partial charge in [0.05, 0.1) is 11.3 Å². The number of carbonyl (C=O) groups excluding carboxylic acids is 2. The largest absolute Gasteiger partial charge is 0.368 e. The number of imidazole rings is 1. The highest BCUT2D eigenvalue weighted by Crippen LogP contribution is 2.28. The van der Waals surface area contributed by atoms with Crippen LogP contribution in [0, 0.1) is 17.6 Å². The van der Waals surface area contributed by atoms with Gasteiger partial charge < -0.3 is 20.5 Å². The van der Waals surface area contributed by atoms with Crippen LogP contribution in [-0.2, 0) is 17.9 Å². The Morgan fingerprint density at radius 2 is 2.00 bits per heavy atom. The molecule has 1 aliphatic heterocycles. The number of fused-ring (bicyclic) bond motifs is 1. The molecule has 2 aromatic rings. The zero-order valence-electron chi connectivity index (χ0n) is 17.4. The van der Waals surface area contributed by atoms with E-state index < -0.39 is 29.5 Å². The van der Waals surface area contributed by atoms with Gasteiger partial charge in [-0.05, 0) is 50.6 Å². The Labute approximate surface area is 174 Å². The highest BCUT2D eigenvalue weighted by molar-refractivity contribution is 5.97. The Balaban J connectivity index is 2.06. The van der Waals surface area contributed by atoms with E-state index in [0.717, 1.165) is 31.2 Å². The molecule has 162 valence electrons. The standard InChI is InChI=1S/C21H27F2N5O2/c1-12(2)9-16(19(24)29)25-21(30)18-17-11-27(3)7-4-8-28(17)20(26-18)14-10-13(22)5-6-15(14)23/h5-6,10,12,16H,4,7-9,11H2,1-3H3,(H2,24,29)(H,25,30). The lowest BCUT2D eigenvalue weighted by Crippen LogP contribution is -2.45. The number of benzene rings is 1. The molecule has 2 heterocycles. The van der Waals surface area contributed by atoms with Crippen LogP contribution in [0.1, 0.15) is 42.9 Å². The number of rotatable bonds is 6. The van der Waals surface area contributed by atoms with Crippen LogP contribution in [0.3, 0.4) is 0 Å². The van der Waals surface area contributed by atoms with Crippen molar-refractivity contribution in [2.24, 2.45) is 11.7 Å². The van der Waals surface area contributed by atoms with Crippen molar-refractivity contribution in [1.82, 2.24) is 19.8 Å². The van der Waals surface area contributed by atoms with Gasteiger partial charge in [-0.25, -0.2) is 13.8 Å². The third-order valence-electron chi connectivity index (χ3n) is 5.15. The minimum atomic E-state index is -0.840. The van der Waals surface area contributed by atoms with Crippen molar-refractivity contribution in [3.8, 4) is 11.4 Å². The fourth-order valence-corrected chi connectivity index (χ4v) is 3.72. The van der Waals surface area contributed by atoms with Crippen LogP contribution in [0.15, 0.2) is 18.2 Å². The number of nitrogens with one attached hydrogen (secondary N) is 1. The predicted octanol–water partition coefficient (Wildman–Crippen LogP) is 2.29. The molecule has 0 saturated heterocycles. The molecule has 2 amide bonds. The summed E-state index contributed by atoms with van der Waals surface area (Å²) in [7, 11) is 1.91. The van der Waals surface area contributed by atoms with Gasteiger partial charge in [0.1, 0.15) is 23.5 Å². The lowest BCUT2D eigenvalue weighted by atomic mass is 10.0. The van der Waals surface area contributed by atoms with Gasteiger partial charge in [-0.15, -0.1) is 0 Å². The summed E-state index contributed by atoms with van der Waals surface area (Å²) >= 11 is 0. The van der Waals surface area contributed by atoms with E-state index in [4.69, 9.17) is 5.73 Å². The van der Waals surface area contributed by atoms with Crippen molar-refractivity contribution in [2.45, 2.75) is 45.8 Å². The van der Waals surface area contributed by atoms with Crippen LogP contribution < -0.4 is 11.1 Å². The minimum absolute atomic E-state index is 0.00603. The zero-order valence-corrected chi connectivity index (χ0v) is 17.4. The van der Waals surface area contributed by atoms with Crippen LogP contribution >= 0.6 is 0 Å². The average Bonchev–Trinajstić information content (AvgIpc) is 2.89. The van der Waals surface area contributed by atoms with Crippen LogP contribution in [0.2, 0.25) is 0 Å². The molecule has 0 bridgehead atoms. The fraction of sp³-hybridized carbons (Fsp3) is 0.476.